The summed E-state index contributed by atoms with van der Waals surface area (Å²) in [6.45, 7) is 2.67. The third-order valence-corrected chi connectivity index (χ3v) is 4.32. The van der Waals surface area contributed by atoms with Crippen molar-refractivity contribution in [2.24, 2.45) is 0 Å². The van der Waals surface area contributed by atoms with Crippen molar-refractivity contribution >= 4 is 23.3 Å². The Morgan fingerprint density at radius 2 is 2.23 bits per heavy atom. The highest BCUT2D eigenvalue weighted by Crippen LogP contribution is 2.34. The van der Waals surface area contributed by atoms with E-state index in [4.69, 9.17) is 16.7 Å². The number of aromatic nitrogens is 1. The Hall–Kier alpha value is -2.14. The smallest absolute Gasteiger partial charge is 0.354 e. The number of aromatic carboxylic acids is 1. The largest absolute Gasteiger partial charge is 0.477 e. The number of fused-ring (bicyclic) bond motifs is 1. The van der Waals surface area contributed by atoms with Crippen LogP contribution in [0.3, 0.4) is 0 Å². The van der Waals surface area contributed by atoms with Crippen LogP contribution in [0.25, 0.3) is 0 Å². The SMILES string of the molecule is C[C@H]1c2cnc(C(=O)O)cc2CCN1c1ccc(Cl)c(F)c1. The molecule has 1 aromatic heterocycles. The van der Waals surface area contributed by atoms with Crippen LogP contribution in [0.5, 0.6) is 0 Å². The second-order valence-electron chi connectivity index (χ2n) is 5.29. The fraction of sp³-hybridized carbons (Fsp3) is 0.250. The first-order valence-electron chi connectivity index (χ1n) is 6.91. The van der Waals surface area contributed by atoms with Crippen LogP contribution in [-0.2, 0) is 6.42 Å². The van der Waals surface area contributed by atoms with Gasteiger partial charge in [0.1, 0.15) is 11.5 Å². The molecule has 6 heteroatoms. The topological polar surface area (TPSA) is 53.4 Å². The van der Waals surface area contributed by atoms with E-state index >= 15 is 0 Å². The molecule has 3 rings (SSSR count). The Kier molecular flexibility index (Phi) is 3.74. The van der Waals surface area contributed by atoms with Gasteiger partial charge in [0, 0.05) is 18.4 Å². The molecule has 0 amide bonds. The highest BCUT2D eigenvalue weighted by atomic mass is 35.5. The van der Waals surface area contributed by atoms with Gasteiger partial charge in [0.2, 0.25) is 0 Å². The van der Waals surface area contributed by atoms with E-state index in [2.05, 4.69) is 9.88 Å². The van der Waals surface area contributed by atoms with Crippen LogP contribution >= 0.6 is 11.6 Å². The van der Waals surface area contributed by atoms with E-state index in [0.29, 0.717) is 13.0 Å². The number of carboxylic acid groups (broad SMARTS) is 1. The van der Waals surface area contributed by atoms with Crippen molar-refractivity contribution in [1.82, 2.24) is 4.98 Å². The predicted octanol–water partition coefficient (Wildman–Crippen LogP) is 3.70. The first kappa shape index (κ1) is 14.8. The Labute approximate surface area is 132 Å². The predicted molar refractivity (Wildman–Crippen MR) is 82.1 cm³/mol. The lowest BCUT2D eigenvalue weighted by Crippen LogP contribution is -2.34. The first-order valence-corrected chi connectivity index (χ1v) is 7.29. The molecule has 0 radical (unpaired) electrons. The van der Waals surface area contributed by atoms with E-state index in [-0.39, 0.29) is 16.8 Å². The Bertz CT molecular complexity index is 751. The number of halogens is 2. The molecule has 1 aliphatic heterocycles. The van der Waals surface area contributed by atoms with Gasteiger partial charge in [-0.25, -0.2) is 14.2 Å². The molecule has 2 aromatic rings. The van der Waals surface area contributed by atoms with Gasteiger partial charge >= 0.3 is 5.97 Å². The number of hydrogen-bond donors (Lipinski definition) is 1. The molecule has 0 aliphatic carbocycles. The van der Waals surface area contributed by atoms with Crippen molar-refractivity contribution in [1.29, 1.82) is 0 Å². The van der Waals surface area contributed by atoms with Gasteiger partial charge in [0.15, 0.2) is 0 Å². The zero-order valence-corrected chi connectivity index (χ0v) is 12.6. The Balaban J connectivity index is 1.95. The number of hydrogen-bond acceptors (Lipinski definition) is 3. The van der Waals surface area contributed by atoms with E-state index in [1.807, 2.05) is 6.92 Å². The molecule has 0 fully saturated rings. The van der Waals surface area contributed by atoms with E-state index < -0.39 is 11.8 Å². The van der Waals surface area contributed by atoms with Gasteiger partial charge in [-0.2, -0.15) is 0 Å². The molecule has 1 N–H and O–H groups in total. The summed E-state index contributed by atoms with van der Waals surface area (Å²) in [4.78, 5) is 17.0. The van der Waals surface area contributed by atoms with Crippen molar-refractivity contribution in [3.8, 4) is 0 Å². The summed E-state index contributed by atoms with van der Waals surface area (Å²) in [7, 11) is 0. The zero-order chi connectivity index (χ0) is 15.9. The molecule has 0 saturated carbocycles. The van der Waals surface area contributed by atoms with Gasteiger partial charge in [-0.05, 0) is 48.7 Å². The maximum Gasteiger partial charge on any atom is 0.354 e. The number of benzene rings is 1. The van der Waals surface area contributed by atoms with E-state index in [1.165, 1.54) is 6.07 Å². The van der Waals surface area contributed by atoms with Gasteiger partial charge in [-0.1, -0.05) is 11.6 Å². The standard InChI is InChI=1S/C16H14ClFN2O2/c1-9-12-8-19-15(16(21)22)6-10(12)4-5-20(9)11-2-3-13(17)14(18)7-11/h2-3,6-9H,4-5H2,1H3,(H,21,22)/t9-/m0/s1. The maximum absolute atomic E-state index is 13.7. The fourth-order valence-electron chi connectivity index (χ4n) is 2.84. The molecular weight excluding hydrogens is 307 g/mol. The highest BCUT2D eigenvalue weighted by molar-refractivity contribution is 6.30. The fourth-order valence-corrected chi connectivity index (χ4v) is 2.95. The van der Waals surface area contributed by atoms with Crippen LogP contribution in [-0.4, -0.2) is 22.6 Å². The summed E-state index contributed by atoms with van der Waals surface area (Å²) in [6.07, 6.45) is 2.29. The van der Waals surface area contributed by atoms with Crippen LogP contribution in [0.4, 0.5) is 10.1 Å². The molecule has 22 heavy (non-hydrogen) atoms. The van der Waals surface area contributed by atoms with Gasteiger partial charge in [0.05, 0.1) is 11.1 Å². The molecule has 0 unspecified atom stereocenters. The Morgan fingerprint density at radius 3 is 2.91 bits per heavy atom. The summed E-state index contributed by atoms with van der Waals surface area (Å²) in [5, 5.41) is 9.11. The molecule has 1 aromatic carbocycles. The molecule has 1 atom stereocenters. The average Bonchev–Trinajstić information content (AvgIpc) is 2.50. The number of carbonyl (C=O) groups is 1. The van der Waals surface area contributed by atoms with Crippen molar-refractivity contribution in [3.05, 3.63) is 58.1 Å². The zero-order valence-electron chi connectivity index (χ0n) is 11.9. The molecule has 1 aliphatic rings. The Morgan fingerprint density at radius 1 is 1.45 bits per heavy atom. The van der Waals surface area contributed by atoms with Crippen molar-refractivity contribution in [3.63, 3.8) is 0 Å². The quantitative estimate of drug-likeness (QED) is 0.916. The van der Waals surface area contributed by atoms with Gasteiger partial charge in [-0.3, -0.25) is 0 Å². The van der Waals surface area contributed by atoms with E-state index in [9.17, 15) is 9.18 Å². The summed E-state index contributed by atoms with van der Waals surface area (Å²) in [5.74, 6) is -1.48. The number of carboxylic acids is 1. The molecule has 0 bridgehead atoms. The molecule has 0 spiro atoms. The van der Waals surface area contributed by atoms with Crippen LogP contribution in [0.15, 0.2) is 30.5 Å². The first-order chi connectivity index (χ1) is 10.5. The minimum Gasteiger partial charge on any atom is -0.477 e. The maximum atomic E-state index is 13.7. The summed E-state index contributed by atoms with van der Waals surface area (Å²) in [6, 6.07) is 6.35. The number of rotatable bonds is 2. The van der Waals surface area contributed by atoms with Crippen LogP contribution in [0, 0.1) is 5.82 Å². The van der Waals surface area contributed by atoms with Crippen molar-refractivity contribution < 1.29 is 14.3 Å². The van der Waals surface area contributed by atoms with Gasteiger partial charge < -0.3 is 10.0 Å². The normalized spacial score (nSPS) is 17.2. The molecule has 114 valence electrons. The summed E-state index contributed by atoms with van der Waals surface area (Å²) in [5.41, 5.74) is 2.75. The third kappa shape index (κ3) is 2.52. The van der Waals surface area contributed by atoms with Gasteiger partial charge in [0.25, 0.3) is 0 Å². The van der Waals surface area contributed by atoms with E-state index in [0.717, 1.165) is 16.8 Å². The number of pyridine rings is 1. The lowest BCUT2D eigenvalue weighted by Gasteiger charge is -2.37. The molecule has 2 heterocycles. The molecule has 0 saturated heterocycles. The third-order valence-electron chi connectivity index (χ3n) is 4.02. The second kappa shape index (κ2) is 5.57. The minimum absolute atomic E-state index is 0.0142. The molecular formula is C16H14ClFN2O2. The summed E-state index contributed by atoms with van der Waals surface area (Å²) >= 11 is 5.72. The minimum atomic E-state index is -1.03. The van der Waals surface area contributed by atoms with Crippen LogP contribution in [0.1, 0.15) is 34.6 Å². The van der Waals surface area contributed by atoms with Crippen LogP contribution in [0.2, 0.25) is 5.02 Å². The molecule has 4 nitrogen and oxygen atoms in total. The van der Waals surface area contributed by atoms with Crippen LogP contribution < -0.4 is 4.90 Å². The number of anilines is 1. The van der Waals surface area contributed by atoms with Crippen molar-refractivity contribution in [2.45, 2.75) is 19.4 Å². The summed E-state index contributed by atoms with van der Waals surface area (Å²) < 4.78 is 13.7. The average molecular weight is 321 g/mol. The lowest BCUT2D eigenvalue weighted by atomic mass is 9.94. The monoisotopic (exact) mass is 320 g/mol. The van der Waals surface area contributed by atoms with Crippen molar-refractivity contribution in [2.75, 3.05) is 11.4 Å². The number of nitrogens with zero attached hydrogens (tertiary/aromatic N) is 2. The van der Waals surface area contributed by atoms with E-state index in [1.54, 1.807) is 24.4 Å². The van der Waals surface area contributed by atoms with Gasteiger partial charge in [-0.15, -0.1) is 0 Å². The lowest BCUT2D eigenvalue weighted by molar-refractivity contribution is 0.0690. The second-order valence-corrected chi connectivity index (χ2v) is 5.70. The highest BCUT2D eigenvalue weighted by Gasteiger charge is 2.26.